The van der Waals surface area contributed by atoms with Crippen LogP contribution in [0.5, 0.6) is 0 Å². The predicted octanol–water partition coefficient (Wildman–Crippen LogP) is 1.89. The number of rotatable bonds is 2. The van der Waals surface area contributed by atoms with Crippen LogP contribution in [0, 0.1) is 23.7 Å². The molecule has 1 aliphatic rings. The Bertz CT molecular complexity index is 357. The SMILES string of the molecule is Cc1ccc(C(N)C2(C#N)CC2)o1. The standard InChI is InChI=1S/C10H12N2O/c1-7-2-3-8(13-7)9(12)10(6-11)4-5-10/h2-3,9H,4-5,12H2,1H3. The van der Waals surface area contributed by atoms with Crippen LogP contribution in [-0.2, 0) is 0 Å². The van der Waals surface area contributed by atoms with E-state index < -0.39 is 0 Å². The molecule has 1 atom stereocenters. The second kappa shape index (κ2) is 2.61. The molecule has 0 aliphatic heterocycles. The molecular formula is C10H12N2O. The van der Waals surface area contributed by atoms with Gasteiger partial charge in [-0.2, -0.15) is 5.26 Å². The van der Waals surface area contributed by atoms with Crippen LogP contribution >= 0.6 is 0 Å². The number of hydrogen-bond donors (Lipinski definition) is 1. The van der Waals surface area contributed by atoms with Crippen molar-refractivity contribution in [1.29, 1.82) is 5.26 Å². The van der Waals surface area contributed by atoms with E-state index >= 15 is 0 Å². The minimum atomic E-state index is -0.343. The number of nitriles is 1. The highest BCUT2D eigenvalue weighted by atomic mass is 16.3. The van der Waals surface area contributed by atoms with Gasteiger partial charge in [-0.25, -0.2) is 0 Å². The van der Waals surface area contributed by atoms with Crippen LogP contribution in [0.15, 0.2) is 16.5 Å². The van der Waals surface area contributed by atoms with Crippen LogP contribution in [0.25, 0.3) is 0 Å². The molecule has 3 heteroatoms. The summed E-state index contributed by atoms with van der Waals surface area (Å²) in [5.41, 5.74) is 5.60. The van der Waals surface area contributed by atoms with Crippen molar-refractivity contribution >= 4 is 0 Å². The predicted molar refractivity (Wildman–Crippen MR) is 47.7 cm³/mol. The van der Waals surface area contributed by atoms with Crippen LogP contribution in [0.1, 0.15) is 30.4 Å². The Kier molecular flexibility index (Phi) is 1.67. The molecule has 1 fully saturated rings. The molecule has 2 rings (SSSR count). The molecule has 2 N–H and O–H groups in total. The van der Waals surface area contributed by atoms with Crippen LogP contribution < -0.4 is 5.73 Å². The van der Waals surface area contributed by atoms with Gasteiger partial charge < -0.3 is 10.2 Å². The maximum absolute atomic E-state index is 8.92. The fourth-order valence-corrected chi connectivity index (χ4v) is 1.52. The Morgan fingerprint density at radius 3 is 2.69 bits per heavy atom. The zero-order valence-electron chi connectivity index (χ0n) is 7.58. The second-order valence-electron chi connectivity index (χ2n) is 3.69. The maximum atomic E-state index is 8.92. The molecule has 0 bridgehead atoms. The topological polar surface area (TPSA) is 63.0 Å². The lowest BCUT2D eigenvalue weighted by molar-refractivity contribution is 0.391. The van der Waals surface area contributed by atoms with Gasteiger partial charge in [-0.05, 0) is 31.9 Å². The minimum absolute atomic E-state index is 0.258. The summed E-state index contributed by atoms with van der Waals surface area (Å²) in [7, 11) is 0. The van der Waals surface area contributed by atoms with Gasteiger partial charge in [-0.15, -0.1) is 0 Å². The fourth-order valence-electron chi connectivity index (χ4n) is 1.52. The fraction of sp³-hybridized carbons (Fsp3) is 0.500. The highest BCUT2D eigenvalue weighted by Crippen LogP contribution is 2.53. The lowest BCUT2D eigenvalue weighted by atomic mass is 9.97. The molecule has 1 saturated carbocycles. The highest BCUT2D eigenvalue weighted by molar-refractivity contribution is 5.23. The van der Waals surface area contributed by atoms with E-state index in [-0.39, 0.29) is 11.5 Å². The van der Waals surface area contributed by atoms with Crippen molar-refractivity contribution in [2.45, 2.75) is 25.8 Å². The summed E-state index contributed by atoms with van der Waals surface area (Å²) in [5.74, 6) is 1.58. The average molecular weight is 176 g/mol. The quantitative estimate of drug-likeness (QED) is 0.748. The first-order chi connectivity index (χ1) is 6.18. The van der Waals surface area contributed by atoms with Crippen molar-refractivity contribution in [2.24, 2.45) is 11.1 Å². The molecule has 1 aromatic heterocycles. The van der Waals surface area contributed by atoms with Crippen molar-refractivity contribution in [2.75, 3.05) is 0 Å². The molecule has 0 radical (unpaired) electrons. The monoisotopic (exact) mass is 176 g/mol. The third-order valence-corrected chi connectivity index (χ3v) is 2.67. The molecule has 1 heterocycles. The van der Waals surface area contributed by atoms with Gasteiger partial charge >= 0.3 is 0 Å². The van der Waals surface area contributed by atoms with E-state index in [2.05, 4.69) is 6.07 Å². The van der Waals surface area contributed by atoms with Crippen LogP contribution in [-0.4, -0.2) is 0 Å². The average Bonchev–Trinajstić information content (AvgIpc) is 2.82. The van der Waals surface area contributed by atoms with Gasteiger partial charge in [0.05, 0.1) is 17.5 Å². The molecule has 3 nitrogen and oxygen atoms in total. The van der Waals surface area contributed by atoms with E-state index in [1.54, 1.807) is 0 Å². The van der Waals surface area contributed by atoms with Gasteiger partial charge in [0.1, 0.15) is 11.5 Å². The Morgan fingerprint density at radius 2 is 2.31 bits per heavy atom. The number of nitrogens with two attached hydrogens (primary N) is 1. The molecule has 0 aromatic carbocycles. The zero-order chi connectivity index (χ0) is 9.47. The van der Waals surface area contributed by atoms with Crippen LogP contribution in [0.2, 0.25) is 0 Å². The van der Waals surface area contributed by atoms with Gasteiger partial charge in [0.25, 0.3) is 0 Å². The molecule has 0 amide bonds. The number of furan rings is 1. The molecule has 0 spiro atoms. The Balaban J connectivity index is 2.23. The lowest BCUT2D eigenvalue weighted by Crippen LogP contribution is -2.20. The van der Waals surface area contributed by atoms with Crippen molar-refractivity contribution < 1.29 is 4.42 Å². The third kappa shape index (κ3) is 1.24. The molecule has 68 valence electrons. The molecule has 1 aromatic rings. The first-order valence-electron chi connectivity index (χ1n) is 4.41. The van der Waals surface area contributed by atoms with E-state index in [9.17, 15) is 0 Å². The molecule has 13 heavy (non-hydrogen) atoms. The van der Waals surface area contributed by atoms with Crippen molar-refractivity contribution in [3.63, 3.8) is 0 Å². The minimum Gasteiger partial charge on any atom is -0.465 e. The highest BCUT2D eigenvalue weighted by Gasteiger charge is 2.50. The summed E-state index contributed by atoms with van der Waals surface area (Å²) < 4.78 is 5.40. The molecular weight excluding hydrogens is 164 g/mol. The van der Waals surface area contributed by atoms with Gasteiger partial charge in [-0.3, -0.25) is 0 Å². The van der Waals surface area contributed by atoms with Crippen LogP contribution in [0.3, 0.4) is 0 Å². The van der Waals surface area contributed by atoms with Gasteiger partial charge in [0.2, 0.25) is 0 Å². The summed E-state index contributed by atoms with van der Waals surface area (Å²) in [6, 6.07) is 5.75. The van der Waals surface area contributed by atoms with E-state index in [0.29, 0.717) is 0 Å². The van der Waals surface area contributed by atoms with Gasteiger partial charge in [-0.1, -0.05) is 0 Å². The van der Waals surface area contributed by atoms with Crippen molar-refractivity contribution in [3.05, 3.63) is 23.7 Å². The second-order valence-corrected chi connectivity index (χ2v) is 3.69. The zero-order valence-corrected chi connectivity index (χ0v) is 7.58. The first kappa shape index (κ1) is 8.33. The van der Waals surface area contributed by atoms with Crippen LogP contribution in [0.4, 0.5) is 0 Å². The molecule has 1 unspecified atom stereocenters. The normalized spacial score (nSPS) is 20.7. The summed E-state index contributed by atoms with van der Waals surface area (Å²) in [6.45, 7) is 1.88. The molecule has 0 saturated heterocycles. The lowest BCUT2D eigenvalue weighted by Gasteiger charge is -2.12. The van der Waals surface area contributed by atoms with Crippen molar-refractivity contribution in [1.82, 2.24) is 0 Å². The van der Waals surface area contributed by atoms with Gasteiger partial charge in [0.15, 0.2) is 0 Å². The number of nitrogens with zero attached hydrogens (tertiary/aromatic N) is 1. The summed E-state index contributed by atoms with van der Waals surface area (Å²) in [6.07, 6.45) is 1.79. The third-order valence-electron chi connectivity index (χ3n) is 2.67. The summed E-state index contributed by atoms with van der Waals surface area (Å²) >= 11 is 0. The Hall–Kier alpha value is -1.27. The first-order valence-corrected chi connectivity index (χ1v) is 4.41. The van der Waals surface area contributed by atoms with E-state index in [4.69, 9.17) is 15.4 Å². The Labute approximate surface area is 77.1 Å². The Morgan fingerprint density at radius 1 is 1.62 bits per heavy atom. The maximum Gasteiger partial charge on any atom is 0.122 e. The van der Waals surface area contributed by atoms with E-state index in [1.165, 1.54) is 0 Å². The van der Waals surface area contributed by atoms with Crippen molar-refractivity contribution in [3.8, 4) is 6.07 Å². The van der Waals surface area contributed by atoms with E-state index in [0.717, 1.165) is 24.4 Å². The summed E-state index contributed by atoms with van der Waals surface area (Å²) in [4.78, 5) is 0. The van der Waals surface area contributed by atoms with Gasteiger partial charge in [0, 0.05) is 0 Å². The largest absolute Gasteiger partial charge is 0.465 e. The number of hydrogen-bond acceptors (Lipinski definition) is 3. The summed E-state index contributed by atoms with van der Waals surface area (Å²) in [5, 5.41) is 8.92. The smallest absolute Gasteiger partial charge is 0.122 e. The molecule has 1 aliphatic carbocycles. The van der Waals surface area contributed by atoms with E-state index in [1.807, 2.05) is 19.1 Å². The number of aryl methyl sites for hydroxylation is 1.